The lowest BCUT2D eigenvalue weighted by Crippen LogP contribution is -2.16. The van der Waals surface area contributed by atoms with Crippen molar-refractivity contribution in [2.24, 2.45) is 0 Å². The van der Waals surface area contributed by atoms with Gasteiger partial charge < -0.3 is 5.32 Å². The van der Waals surface area contributed by atoms with Gasteiger partial charge in [-0.2, -0.15) is 5.10 Å². The van der Waals surface area contributed by atoms with Crippen molar-refractivity contribution in [2.75, 3.05) is 5.32 Å². The molecule has 0 spiro atoms. The van der Waals surface area contributed by atoms with Crippen LogP contribution in [0.3, 0.4) is 0 Å². The molecule has 5 heteroatoms. The van der Waals surface area contributed by atoms with Crippen molar-refractivity contribution in [1.29, 1.82) is 0 Å². The van der Waals surface area contributed by atoms with Gasteiger partial charge in [0.25, 0.3) is 5.91 Å². The summed E-state index contributed by atoms with van der Waals surface area (Å²) in [5, 5.41) is 7.37. The Hall–Kier alpha value is -2.69. The van der Waals surface area contributed by atoms with Crippen LogP contribution >= 0.6 is 0 Å². The van der Waals surface area contributed by atoms with Crippen molar-refractivity contribution < 1.29 is 4.79 Å². The summed E-state index contributed by atoms with van der Waals surface area (Å²) in [7, 11) is 0. The number of hydrogen-bond donors (Lipinski definition) is 1. The number of amides is 1. The molecule has 0 saturated carbocycles. The normalized spacial score (nSPS) is 11.7. The fourth-order valence-electron chi connectivity index (χ4n) is 2.55. The second-order valence-corrected chi connectivity index (χ2v) is 7.12. The minimum atomic E-state index is -0.222. The van der Waals surface area contributed by atoms with Gasteiger partial charge in [0.2, 0.25) is 0 Å². The van der Waals surface area contributed by atoms with Gasteiger partial charge in [0.15, 0.2) is 5.65 Å². The van der Waals surface area contributed by atoms with Gasteiger partial charge in [0.1, 0.15) is 5.69 Å². The smallest absolute Gasteiger partial charge is 0.276 e. The molecule has 24 heavy (non-hydrogen) atoms. The van der Waals surface area contributed by atoms with E-state index >= 15 is 0 Å². The van der Waals surface area contributed by atoms with Crippen molar-refractivity contribution >= 4 is 17.2 Å². The number of carbonyl (C=O) groups excluding carboxylic acids is 1. The Bertz CT molecular complexity index is 899. The minimum Gasteiger partial charge on any atom is -0.320 e. The highest BCUT2D eigenvalue weighted by Crippen LogP contribution is 2.22. The third-order valence-electron chi connectivity index (χ3n) is 4.04. The molecule has 0 aliphatic rings. The first-order chi connectivity index (χ1) is 11.3. The zero-order valence-corrected chi connectivity index (χ0v) is 14.7. The highest BCUT2D eigenvalue weighted by atomic mass is 16.1. The van der Waals surface area contributed by atoms with Gasteiger partial charge >= 0.3 is 0 Å². The first-order valence-corrected chi connectivity index (χ1v) is 8.00. The van der Waals surface area contributed by atoms with Gasteiger partial charge in [-0.05, 0) is 37.1 Å². The topological polar surface area (TPSA) is 59.3 Å². The summed E-state index contributed by atoms with van der Waals surface area (Å²) in [5.74, 6) is -0.222. The Balaban J connectivity index is 1.93. The fraction of sp³-hybridized carbons (Fsp3) is 0.316. The molecule has 3 rings (SSSR count). The number of aromatic nitrogens is 3. The van der Waals surface area contributed by atoms with Crippen LogP contribution in [0.5, 0.6) is 0 Å². The maximum Gasteiger partial charge on any atom is 0.276 e. The largest absolute Gasteiger partial charge is 0.320 e. The van der Waals surface area contributed by atoms with Crippen molar-refractivity contribution in [3.05, 3.63) is 59.0 Å². The van der Waals surface area contributed by atoms with Crippen LogP contribution in [0.4, 0.5) is 5.69 Å². The molecule has 0 aliphatic carbocycles. The number of hydrogen-bond acceptors (Lipinski definition) is 3. The molecule has 0 fully saturated rings. The molecule has 1 aromatic carbocycles. The number of para-hydroxylation sites is 1. The van der Waals surface area contributed by atoms with Crippen molar-refractivity contribution in [2.45, 2.75) is 40.0 Å². The van der Waals surface area contributed by atoms with E-state index < -0.39 is 0 Å². The summed E-state index contributed by atoms with van der Waals surface area (Å²) in [6, 6.07) is 9.46. The maximum absolute atomic E-state index is 12.6. The van der Waals surface area contributed by atoms with E-state index in [1.54, 1.807) is 10.6 Å². The van der Waals surface area contributed by atoms with Crippen LogP contribution in [0.1, 0.15) is 48.1 Å². The first-order valence-electron chi connectivity index (χ1n) is 8.00. The summed E-state index contributed by atoms with van der Waals surface area (Å²) in [5.41, 5.74) is 4.89. The maximum atomic E-state index is 12.6. The van der Waals surface area contributed by atoms with E-state index in [-0.39, 0.29) is 11.3 Å². The molecule has 1 N–H and O–H groups in total. The van der Waals surface area contributed by atoms with Crippen molar-refractivity contribution in [1.82, 2.24) is 14.6 Å². The highest BCUT2D eigenvalue weighted by molar-refractivity contribution is 6.03. The van der Waals surface area contributed by atoms with E-state index in [0.717, 1.165) is 28.2 Å². The summed E-state index contributed by atoms with van der Waals surface area (Å²) in [6.45, 7) is 10.3. The number of anilines is 1. The van der Waals surface area contributed by atoms with Crippen LogP contribution in [0, 0.1) is 13.8 Å². The highest BCUT2D eigenvalue weighted by Gasteiger charge is 2.19. The summed E-state index contributed by atoms with van der Waals surface area (Å²) >= 11 is 0. The van der Waals surface area contributed by atoms with Crippen LogP contribution in [-0.2, 0) is 5.41 Å². The number of benzene rings is 1. The van der Waals surface area contributed by atoms with Crippen molar-refractivity contribution in [3.8, 4) is 0 Å². The second kappa shape index (κ2) is 5.74. The molecule has 3 aromatic rings. The van der Waals surface area contributed by atoms with E-state index in [2.05, 4.69) is 36.2 Å². The summed E-state index contributed by atoms with van der Waals surface area (Å²) in [4.78, 5) is 17.1. The zero-order chi connectivity index (χ0) is 17.5. The number of carbonyl (C=O) groups is 1. The van der Waals surface area contributed by atoms with Crippen LogP contribution < -0.4 is 5.32 Å². The van der Waals surface area contributed by atoms with Gasteiger partial charge in [0.05, 0.1) is 11.9 Å². The molecular weight excluding hydrogens is 300 g/mol. The lowest BCUT2D eigenvalue weighted by Gasteiger charge is -2.13. The Kier molecular flexibility index (Phi) is 3.87. The SMILES string of the molecule is Cc1cccc(C)c1NC(=O)c1ccc2nc(C(C)(C)C)cn2n1. The minimum absolute atomic E-state index is 0.0611. The van der Waals surface area contributed by atoms with Gasteiger partial charge in [-0.1, -0.05) is 39.0 Å². The number of imidazole rings is 1. The Morgan fingerprint density at radius 2 is 1.75 bits per heavy atom. The Morgan fingerprint density at radius 3 is 2.38 bits per heavy atom. The molecule has 0 aliphatic heterocycles. The molecule has 0 bridgehead atoms. The average molecular weight is 322 g/mol. The lowest BCUT2D eigenvalue weighted by atomic mass is 9.93. The van der Waals surface area contributed by atoms with E-state index in [0.29, 0.717) is 5.69 Å². The van der Waals surface area contributed by atoms with Crippen LogP contribution in [0.2, 0.25) is 0 Å². The number of aryl methyl sites for hydroxylation is 2. The molecule has 0 unspecified atom stereocenters. The molecule has 2 aromatic heterocycles. The number of nitrogens with one attached hydrogen (secondary N) is 1. The van der Waals surface area contributed by atoms with Crippen LogP contribution in [0.15, 0.2) is 36.5 Å². The first kappa shape index (κ1) is 16.2. The van der Waals surface area contributed by atoms with Crippen molar-refractivity contribution in [3.63, 3.8) is 0 Å². The molecule has 2 heterocycles. The molecule has 5 nitrogen and oxygen atoms in total. The predicted molar refractivity (Wildman–Crippen MR) is 95.6 cm³/mol. The lowest BCUT2D eigenvalue weighted by molar-refractivity contribution is 0.102. The molecular formula is C19H22N4O. The standard InChI is InChI=1S/C19H22N4O/c1-12-7-6-8-13(2)17(12)21-18(24)14-9-10-16-20-15(19(3,4)5)11-23(16)22-14/h6-11H,1-5H3,(H,21,24). The third kappa shape index (κ3) is 3.02. The Labute approximate surface area is 141 Å². The quantitative estimate of drug-likeness (QED) is 0.778. The van der Waals surface area contributed by atoms with Crippen LogP contribution in [0.25, 0.3) is 5.65 Å². The monoisotopic (exact) mass is 322 g/mol. The number of fused-ring (bicyclic) bond motifs is 1. The second-order valence-electron chi connectivity index (χ2n) is 7.12. The molecule has 0 atom stereocenters. The number of nitrogens with zero attached hydrogens (tertiary/aromatic N) is 3. The van der Waals surface area contributed by atoms with Gasteiger partial charge in [-0.3, -0.25) is 4.79 Å². The zero-order valence-electron chi connectivity index (χ0n) is 14.7. The van der Waals surface area contributed by atoms with E-state index in [4.69, 9.17) is 0 Å². The van der Waals surface area contributed by atoms with E-state index in [1.807, 2.05) is 44.3 Å². The van der Waals surface area contributed by atoms with E-state index in [9.17, 15) is 4.79 Å². The van der Waals surface area contributed by atoms with E-state index in [1.165, 1.54) is 0 Å². The predicted octanol–water partition coefficient (Wildman–Crippen LogP) is 3.90. The Morgan fingerprint density at radius 1 is 1.08 bits per heavy atom. The fourth-order valence-corrected chi connectivity index (χ4v) is 2.55. The number of rotatable bonds is 2. The molecule has 124 valence electrons. The molecule has 0 radical (unpaired) electrons. The summed E-state index contributed by atoms with van der Waals surface area (Å²) < 4.78 is 1.67. The molecule has 0 saturated heterocycles. The van der Waals surface area contributed by atoms with Gasteiger partial charge in [-0.25, -0.2) is 9.50 Å². The third-order valence-corrected chi connectivity index (χ3v) is 4.04. The summed E-state index contributed by atoms with van der Waals surface area (Å²) in [6.07, 6.45) is 1.88. The van der Waals surface area contributed by atoms with Crippen LogP contribution in [-0.4, -0.2) is 20.5 Å². The van der Waals surface area contributed by atoms with Gasteiger partial charge in [-0.15, -0.1) is 0 Å². The average Bonchev–Trinajstić information content (AvgIpc) is 2.94. The molecule has 1 amide bonds. The van der Waals surface area contributed by atoms with Gasteiger partial charge in [0, 0.05) is 11.1 Å².